The van der Waals surface area contributed by atoms with E-state index in [1.165, 1.54) is 18.5 Å². The quantitative estimate of drug-likeness (QED) is 0.385. The summed E-state index contributed by atoms with van der Waals surface area (Å²) in [6.45, 7) is 0. The molecule has 0 saturated heterocycles. The molecule has 164 valence electrons. The van der Waals surface area contributed by atoms with Crippen molar-refractivity contribution < 1.29 is 13.9 Å². The Kier molecular flexibility index (Phi) is 4.69. The van der Waals surface area contributed by atoms with Crippen molar-refractivity contribution >= 4 is 27.6 Å². The normalized spacial score (nSPS) is 18.5. The fraction of sp³-hybridized carbons (Fsp3) is 0.120. The molecule has 8 heteroatoms. The van der Waals surface area contributed by atoms with Crippen molar-refractivity contribution in [1.29, 1.82) is 0 Å². The zero-order chi connectivity index (χ0) is 22.5. The predicted molar refractivity (Wildman–Crippen MR) is 126 cm³/mol. The molecule has 0 spiro atoms. The third-order valence-electron chi connectivity index (χ3n) is 5.99. The lowest BCUT2D eigenvalue weighted by molar-refractivity contribution is 0.223. The van der Waals surface area contributed by atoms with Crippen LogP contribution in [0.2, 0.25) is 0 Å². The van der Waals surface area contributed by atoms with Gasteiger partial charge in [-0.3, -0.25) is 0 Å². The Hall–Kier alpha value is -3.65. The number of methoxy groups -OCH3 is 1. The summed E-state index contributed by atoms with van der Waals surface area (Å²) in [5.41, 5.74) is 4.66. The number of hydrogen-bond donors (Lipinski definition) is 1. The molecule has 4 aromatic rings. The number of hydrogen-bond acceptors (Lipinski definition) is 5. The number of fused-ring (bicyclic) bond motifs is 3. The highest BCUT2D eigenvalue weighted by Crippen LogP contribution is 2.51. The maximum Gasteiger partial charge on any atom is 0.226 e. The van der Waals surface area contributed by atoms with Gasteiger partial charge >= 0.3 is 0 Å². The number of rotatable bonds is 3. The molecule has 33 heavy (non-hydrogen) atoms. The smallest absolute Gasteiger partial charge is 0.226 e. The number of benzene rings is 3. The lowest BCUT2D eigenvalue weighted by Gasteiger charge is -2.39. The molecule has 1 aromatic heterocycles. The molecule has 6 nitrogen and oxygen atoms in total. The second-order valence-corrected chi connectivity index (χ2v) is 8.68. The molecule has 2 aliphatic rings. The van der Waals surface area contributed by atoms with E-state index in [-0.39, 0.29) is 11.9 Å². The number of para-hydroxylation sites is 1. The number of ether oxygens (including phenoxy) is 2. The van der Waals surface area contributed by atoms with E-state index in [0.717, 1.165) is 43.9 Å². The van der Waals surface area contributed by atoms with Crippen LogP contribution in [0.15, 0.2) is 83.1 Å². The molecule has 0 aliphatic carbocycles. The van der Waals surface area contributed by atoms with E-state index in [1.54, 1.807) is 19.2 Å². The van der Waals surface area contributed by atoms with Gasteiger partial charge in [0, 0.05) is 11.1 Å². The summed E-state index contributed by atoms with van der Waals surface area (Å²) >= 11 is 3.60. The fourth-order valence-electron chi connectivity index (χ4n) is 4.50. The van der Waals surface area contributed by atoms with Crippen molar-refractivity contribution in [2.45, 2.75) is 12.1 Å². The van der Waals surface area contributed by atoms with E-state index >= 15 is 0 Å². The van der Waals surface area contributed by atoms with Crippen molar-refractivity contribution in [2.24, 2.45) is 0 Å². The van der Waals surface area contributed by atoms with E-state index in [0.29, 0.717) is 5.95 Å². The summed E-state index contributed by atoms with van der Waals surface area (Å²) in [6.07, 6.45) is 1.10. The molecule has 0 saturated carbocycles. The Morgan fingerprint density at radius 1 is 1.06 bits per heavy atom. The van der Waals surface area contributed by atoms with Gasteiger partial charge in [0.2, 0.25) is 5.95 Å². The van der Waals surface area contributed by atoms with E-state index in [2.05, 4.69) is 31.3 Å². The summed E-state index contributed by atoms with van der Waals surface area (Å²) < 4.78 is 28.4. The minimum atomic E-state index is -0.419. The number of halogens is 2. The Morgan fingerprint density at radius 2 is 1.85 bits per heavy atom. The average molecular weight is 505 g/mol. The van der Waals surface area contributed by atoms with Crippen LogP contribution in [0.3, 0.4) is 0 Å². The number of aromatic nitrogens is 3. The van der Waals surface area contributed by atoms with Crippen LogP contribution in [-0.2, 0) is 0 Å². The van der Waals surface area contributed by atoms with E-state index in [9.17, 15) is 4.39 Å². The lowest BCUT2D eigenvalue weighted by Crippen LogP contribution is -2.32. The maximum atomic E-state index is 13.8. The highest BCUT2D eigenvalue weighted by Gasteiger charge is 2.41. The Morgan fingerprint density at radius 3 is 2.64 bits per heavy atom. The average Bonchev–Trinajstić information content (AvgIpc) is 3.31. The second kappa shape index (κ2) is 7.74. The van der Waals surface area contributed by atoms with Gasteiger partial charge in [-0.25, -0.2) is 9.07 Å². The molecule has 0 unspecified atom stereocenters. The molecule has 0 fully saturated rings. The number of nitrogens with zero attached hydrogens (tertiary/aromatic N) is 3. The Labute approximate surface area is 197 Å². The first-order valence-corrected chi connectivity index (χ1v) is 11.2. The maximum absolute atomic E-state index is 13.8. The molecule has 3 heterocycles. The molecular formula is C25H18BrFN4O2. The third kappa shape index (κ3) is 3.21. The summed E-state index contributed by atoms with van der Waals surface area (Å²) in [7, 11) is 1.63. The summed E-state index contributed by atoms with van der Waals surface area (Å²) in [5, 5.41) is 7.95. The molecule has 0 radical (unpaired) electrons. The van der Waals surface area contributed by atoms with Crippen molar-refractivity contribution in [2.75, 3.05) is 12.4 Å². The van der Waals surface area contributed by atoms with Gasteiger partial charge in [-0.1, -0.05) is 30.3 Å². The fourth-order valence-corrected chi connectivity index (χ4v) is 5.06. The van der Waals surface area contributed by atoms with Gasteiger partial charge in [0.15, 0.2) is 0 Å². The van der Waals surface area contributed by atoms with Gasteiger partial charge in [0.1, 0.15) is 35.8 Å². The van der Waals surface area contributed by atoms with Crippen LogP contribution in [0, 0.1) is 5.82 Å². The molecule has 2 atom stereocenters. The van der Waals surface area contributed by atoms with Crippen LogP contribution in [0.5, 0.6) is 11.5 Å². The van der Waals surface area contributed by atoms with Gasteiger partial charge in [-0.2, -0.15) is 10.1 Å². The largest absolute Gasteiger partial charge is 0.496 e. The number of nitrogens with one attached hydrogen (secondary N) is 1. The van der Waals surface area contributed by atoms with Crippen LogP contribution < -0.4 is 14.8 Å². The summed E-state index contributed by atoms with van der Waals surface area (Å²) in [6, 6.07) is 20.0. The van der Waals surface area contributed by atoms with Crippen LogP contribution in [0.25, 0.3) is 5.70 Å². The molecular weight excluding hydrogens is 487 g/mol. The van der Waals surface area contributed by atoms with E-state index in [1.807, 2.05) is 47.1 Å². The Balaban J connectivity index is 1.61. The highest BCUT2D eigenvalue weighted by molar-refractivity contribution is 9.10. The van der Waals surface area contributed by atoms with Gasteiger partial charge in [0.25, 0.3) is 0 Å². The zero-order valence-corrected chi connectivity index (χ0v) is 19.1. The lowest BCUT2D eigenvalue weighted by atomic mass is 9.84. The summed E-state index contributed by atoms with van der Waals surface area (Å²) in [4.78, 5) is 4.42. The van der Waals surface area contributed by atoms with Gasteiger partial charge in [-0.05, 0) is 63.5 Å². The standard InChI is InChI=1S/C25H18BrFN4O2/c1-32-20-11-8-15(12-18(20)26)24-21-22(17-4-2-3-5-19(17)33-24)30-25-28-13-29-31(25)23(21)14-6-9-16(27)10-7-14/h2-13,23-24H,1H3,(H,28,29,30)/t23-,24+/m1/s1. The predicted octanol–water partition coefficient (Wildman–Crippen LogP) is 5.75. The van der Waals surface area contributed by atoms with Crippen LogP contribution >= 0.6 is 15.9 Å². The topological polar surface area (TPSA) is 61.2 Å². The number of anilines is 1. The molecule has 3 aromatic carbocycles. The van der Waals surface area contributed by atoms with E-state index < -0.39 is 6.10 Å². The third-order valence-corrected chi connectivity index (χ3v) is 6.61. The van der Waals surface area contributed by atoms with Crippen LogP contribution in [0.1, 0.15) is 28.8 Å². The second-order valence-electron chi connectivity index (χ2n) is 7.83. The minimum Gasteiger partial charge on any atom is -0.496 e. The Bertz CT molecular complexity index is 1400. The molecule has 1 N–H and O–H groups in total. The zero-order valence-electron chi connectivity index (χ0n) is 17.5. The van der Waals surface area contributed by atoms with E-state index in [4.69, 9.17) is 9.47 Å². The summed E-state index contributed by atoms with van der Waals surface area (Å²) in [5.74, 6) is 1.84. The monoisotopic (exact) mass is 504 g/mol. The van der Waals surface area contributed by atoms with Crippen molar-refractivity contribution in [3.05, 3.63) is 106 Å². The van der Waals surface area contributed by atoms with Crippen molar-refractivity contribution in [3.63, 3.8) is 0 Å². The first kappa shape index (κ1) is 20.0. The SMILES string of the molecule is COc1ccc([C@@H]2Oc3ccccc3C3=C2[C@@H](c2ccc(F)cc2)n2ncnc2N3)cc1Br. The van der Waals surface area contributed by atoms with Crippen molar-refractivity contribution in [3.8, 4) is 11.5 Å². The molecule has 0 amide bonds. The van der Waals surface area contributed by atoms with Gasteiger partial charge in [0.05, 0.1) is 17.3 Å². The van der Waals surface area contributed by atoms with Gasteiger partial charge < -0.3 is 14.8 Å². The molecule has 6 rings (SSSR count). The van der Waals surface area contributed by atoms with Crippen LogP contribution in [0.4, 0.5) is 10.3 Å². The first-order chi connectivity index (χ1) is 16.1. The molecule has 0 bridgehead atoms. The first-order valence-electron chi connectivity index (χ1n) is 10.4. The molecule has 2 aliphatic heterocycles. The highest BCUT2D eigenvalue weighted by atomic mass is 79.9. The van der Waals surface area contributed by atoms with Crippen molar-refractivity contribution in [1.82, 2.24) is 14.8 Å². The van der Waals surface area contributed by atoms with Gasteiger partial charge in [-0.15, -0.1) is 0 Å². The van der Waals surface area contributed by atoms with Crippen LogP contribution in [-0.4, -0.2) is 21.9 Å². The minimum absolute atomic E-state index is 0.290.